The van der Waals surface area contributed by atoms with Crippen molar-refractivity contribution in [2.45, 2.75) is 64.5 Å². The van der Waals surface area contributed by atoms with Crippen LogP contribution in [0.5, 0.6) is 0 Å². The van der Waals surface area contributed by atoms with E-state index in [1.165, 1.54) is 0 Å². The van der Waals surface area contributed by atoms with Crippen molar-refractivity contribution in [2.75, 3.05) is 6.54 Å². The number of nitrogens with one attached hydrogen (secondary N) is 2. The molecule has 2 aromatic heterocycles. The molecule has 0 aliphatic carbocycles. The molecule has 23 heavy (non-hydrogen) atoms. The summed E-state index contributed by atoms with van der Waals surface area (Å²) in [6.45, 7) is 5.47. The zero-order valence-corrected chi connectivity index (χ0v) is 14.7. The highest BCUT2D eigenvalue weighted by atomic mass is 35.5. The van der Waals surface area contributed by atoms with Gasteiger partial charge >= 0.3 is 0 Å². The molecule has 1 fully saturated rings. The van der Waals surface area contributed by atoms with E-state index < -0.39 is 0 Å². The molecule has 0 spiro atoms. The molecule has 6 heteroatoms. The van der Waals surface area contributed by atoms with Crippen LogP contribution in [0.1, 0.15) is 57.8 Å². The number of rotatable bonds is 6. The highest BCUT2D eigenvalue weighted by molar-refractivity contribution is 6.31. The molecule has 0 radical (unpaired) electrons. The first-order chi connectivity index (χ1) is 11.2. The topological polar surface area (TPSA) is 58.5 Å². The maximum atomic E-state index is 6.40. The van der Waals surface area contributed by atoms with Crippen LogP contribution in [0.25, 0.3) is 11.5 Å². The third-order valence-corrected chi connectivity index (χ3v) is 4.98. The largest absolute Gasteiger partial charge is 0.332 e. The summed E-state index contributed by atoms with van der Waals surface area (Å²) in [6.07, 6.45) is 10.5. The van der Waals surface area contributed by atoms with Crippen molar-refractivity contribution in [3.8, 4) is 11.5 Å². The van der Waals surface area contributed by atoms with Crippen molar-refractivity contribution in [1.82, 2.24) is 24.8 Å². The van der Waals surface area contributed by atoms with Crippen LogP contribution in [-0.2, 0) is 6.42 Å². The van der Waals surface area contributed by atoms with Gasteiger partial charge in [0.15, 0.2) is 5.82 Å². The van der Waals surface area contributed by atoms with Gasteiger partial charge in [0, 0.05) is 30.9 Å². The molecule has 1 saturated heterocycles. The third-order valence-electron chi connectivity index (χ3n) is 4.71. The summed E-state index contributed by atoms with van der Waals surface area (Å²) in [5, 5.41) is 4.18. The van der Waals surface area contributed by atoms with Crippen LogP contribution in [0.15, 0.2) is 12.4 Å². The Morgan fingerprint density at radius 3 is 3.04 bits per heavy atom. The molecular formula is C17H26ClN5. The first-order valence-electron chi connectivity index (χ1n) is 8.73. The van der Waals surface area contributed by atoms with Crippen molar-refractivity contribution in [3.63, 3.8) is 0 Å². The lowest BCUT2D eigenvalue weighted by atomic mass is 9.97. The monoisotopic (exact) mass is 335 g/mol. The Labute approximate surface area is 142 Å². The van der Waals surface area contributed by atoms with Gasteiger partial charge in [0.05, 0.1) is 0 Å². The summed E-state index contributed by atoms with van der Waals surface area (Å²) in [5.74, 6) is 1.84. The second-order valence-electron chi connectivity index (χ2n) is 6.35. The summed E-state index contributed by atoms with van der Waals surface area (Å²) in [4.78, 5) is 12.4. The predicted molar refractivity (Wildman–Crippen MR) is 93.8 cm³/mol. The van der Waals surface area contributed by atoms with E-state index in [-0.39, 0.29) is 0 Å². The molecule has 0 saturated carbocycles. The maximum absolute atomic E-state index is 6.40. The first-order valence-corrected chi connectivity index (χ1v) is 9.11. The average Bonchev–Trinajstić information content (AvgIpc) is 3.19. The zero-order chi connectivity index (χ0) is 16.2. The van der Waals surface area contributed by atoms with Gasteiger partial charge in [-0.05, 0) is 32.2 Å². The van der Waals surface area contributed by atoms with Crippen LogP contribution in [0.4, 0.5) is 0 Å². The average molecular weight is 336 g/mol. The summed E-state index contributed by atoms with van der Waals surface area (Å²) in [7, 11) is 0. The lowest BCUT2D eigenvalue weighted by molar-refractivity contribution is 0.297. The molecule has 1 aliphatic heterocycles. The molecule has 2 aromatic rings. The highest BCUT2D eigenvalue weighted by Crippen LogP contribution is 2.31. The SMILES string of the molecule is CCCCc1nc(-c2nccn2[C@@H]2CCN[C@@H](CC)C2)c(Cl)[nH]1. The van der Waals surface area contributed by atoms with Gasteiger partial charge in [-0.2, -0.15) is 0 Å². The smallest absolute Gasteiger partial charge is 0.162 e. The molecule has 3 rings (SSSR count). The number of hydrogen-bond donors (Lipinski definition) is 2. The van der Waals surface area contributed by atoms with Gasteiger partial charge in [0.2, 0.25) is 0 Å². The van der Waals surface area contributed by atoms with Gasteiger partial charge in [0.1, 0.15) is 16.7 Å². The zero-order valence-electron chi connectivity index (χ0n) is 14.0. The van der Waals surface area contributed by atoms with Crippen LogP contribution in [-0.4, -0.2) is 32.1 Å². The van der Waals surface area contributed by atoms with E-state index in [1.807, 2.05) is 6.20 Å². The van der Waals surface area contributed by atoms with Crippen LogP contribution >= 0.6 is 11.6 Å². The van der Waals surface area contributed by atoms with E-state index in [2.05, 4.69) is 39.9 Å². The molecule has 1 aliphatic rings. The van der Waals surface area contributed by atoms with Gasteiger partial charge in [0.25, 0.3) is 0 Å². The van der Waals surface area contributed by atoms with Gasteiger partial charge in [-0.3, -0.25) is 0 Å². The molecule has 2 N–H and O–H groups in total. The molecule has 0 amide bonds. The summed E-state index contributed by atoms with van der Waals surface area (Å²) < 4.78 is 2.26. The summed E-state index contributed by atoms with van der Waals surface area (Å²) >= 11 is 6.40. The normalized spacial score (nSPS) is 21.7. The Kier molecular flexibility index (Phi) is 5.38. The quantitative estimate of drug-likeness (QED) is 0.839. The fourth-order valence-corrected chi connectivity index (χ4v) is 3.58. The van der Waals surface area contributed by atoms with E-state index in [4.69, 9.17) is 16.6 Å². The van der Waals surface area contributed by atoms with Crippen LogP contribution in [0.2, 0.25) is 5.15 Å². The third kappa shape index (κ3) is 3.61. The Balaban J connectivity index is 1.84. The molecule has 126 valence electrons. The van der Waals surface area contributed by atoms with Crippen molar-refractivity contribution < 1.29 is 0 Å². The van der Waals surface area contributed by atoms with Gasteiger partial charge in [-0.1, -0.05) is 31.9 Å². The van der Waals surface area contributed by atoms with Crippen molar-refractivity contribution in [1.29, 1.82) is 0 Å². The second kappa shape index (κ2) is 7.49. The molecule has 2 atom stereocenters. The number of aromatic amines is 1. The fraction of sp³-hybridized carbons (Fsp3) is 0.647. The number of hydrogen-bond acceptors (Lipinski definition) is 3. The summed E-state index contributed by atoms with van der Waals surface area (Å²) in [6, 6.07) is 1.05. The highest BCUT2D eigenvalue weighted by Gasteiger charge is 2.25. The molecule has 0 bridgehead atoms. The Hall–Kier alpha value is -1.33. The number of aromatic nitrogens is 4. The Bertz CT molecular complexity index is 633. The van der Waals surface area contributed by atoms with Crippen LogP contribution in [0, 0.1) is 0 Å². The number of aryl methyl sites for hydroxylation is 1. The van der Waals surface area contributed by atoms with E-state index in [1.54, 1.807) is 0 Å². The number of nitrogens with zero attached hydrogens (tertiary/aromatic N) is 3. The lowest BCUT2D eigenvalue weighted by Crippen LogP contribution is -2.38. The maximum Gasteiger partial charge on any atom is 0.162 e. The molecule has 0 unspecified atom stereocenters. The van der Waals surface area contributed by atoms with Gasteiger partial charge in [-0.25, -0.2) is 9.97 Å². The Morgan fingerprint density at radius 1 is 1.39 bits per heavy atom. The molecular weight excluding hydrogens is 310 g/mol. The number of halogens is 1. The van der Waals surface area contributed by atoms with Crippen molar-refractivity contribution in [2.24, 2.45) is 0 Å². The first kappa shape index (κ1) is 16.5. The van der Waals surface area contributed by atoms with Crippen LogP contribution in [0.3, 0.4) is 0 Å². The summed E-state index contributed by atoms with van der Waals surface area (Å²) in [5.41, 5.74) is 0.786. The van der Waals surface area contributed by atoms with Crippen LogP contribution < -0.4 is 5.32 Å². The molecule has 0 aromatic carbocycles. The minimum Gasteiger partial charge on any atom is -0.332 e. The lowest BCUT2D eigenvalue weighted by Gasteiger charge is -2.31. The van der Waals surface area contributed by atoms with E-state index in [0.29, 0.717) is 17.2 Å². The van der Waals surface area contributed by atoms with Crippen molar-refractivity contribution in [3.05, 3.63) is 23.4 Å². The number of unbranched alkanes of at least 4 members (excludes halogenated alkanes) is 1. The fourth-order valence-electron chi connectivity index (χ4n) is 3.35. The standard InChI is InChI=1S/C17H26ClN5/c1-3-5-6-14-21-15(16(18)22-14)17-20-9-10-23(17)13-7-8-19-12(4-2)11-13/h9-10,12-13,19H,3-8,11H2,1-2H3,(H,21,22)/t12-,13+/m0/s1. The van der Waals surface area contributed by atoms with E-state index in [9.17, 15) is 0 Å². The molecule has 5 nitrogen and oxygen atoms in total. The number of H-pyrrole nitrogens is 1. The van der Waals surface area contributed by atoms with Gasteiger partial charge < -0.3 is 14.9 Å². The predicted octanol–water partition coefficient (Wildman–Crippen LogP) is 3.97. The Morgan fingerprint density at radius 2 is 2.26 bits per heavy atom. The minimum absolute atomic E-state index is 0.463. The van der Waals surface area contributed by atoms with E-state index >= 15 is 0 Å². The van der Waals surface area contributed by atoms with E-state index in [0.717, 1.165) is 62.4 Å². The minimum atomic E-state index is 0.463. The number of piperidine rings is 1. The van der Waals surface area contributed by atoms with Crippen molar-refractivity contribution >= 4 is 11.6 Å². The van der Waals surface area contributed by atoms with Gasteiger partial charge in [-0.15, -0.1) is 0 Å². The number of imidazole rings is 2. The molecule has 3 heterocycles. The second-order valence-corrected chi connectivity index (χ2v) is 6.72.